The van der Waals surface area contributed by atoms with Crippen molar-refractivity contribution >= 4 is 12.1 Å². The fourth-order valence-corrected chi connectivity index (χ4v) is 4.07. The molecule has 0 bridgehead atoms. The summed E-state index contributed by atoms with van der Waals surface area (Å²) in [6.45, 7) is 10.4. The first-order valence-corrected chi connectivity index (χ1v) is 8.70. The molecule has 2 rings (SSSR count). The molecular weight excluding hydrogens is 294 g/mol. The van der Waals surface area contributed by atoms with Gasteiger partial charge in [0.2, 0.25) is 0 Å². The van der Waals surface area contributed by atoms with Crippen molar-refractivity contribution in [2.75, 3.05) is 6.54 Å². The maximum Gasteiger partial charge on any atom is 0.411 e. The Morgan fingerprint density at radius 3 is 2.17 bits per heavy atom. The number of hydrogen-bond donors (Lipinski definition) is 1. The summed E-state index contributed by atoms with van der Waals surface area (Å²) in [6, 6.07) is -0.790. The lowest BCUT2D eigenvalue weighted by Crippen LogP contribution is -2.54. The van der Waals surface area contributed by atoms with Gasteiger partial charge in [-0.05, 0) is 63.7 Å². The maximum atomic E-state index is 12.5. The van der Waals surface area contributed by atoms with Crippen LogP contribution in [-0.2, 0) is 9.53 Å². The van der Waals surface area contributed by atoms with Gasteiger partial charge in [-0.25, -0.2) is 9.59 Å². The molecule has 1 aliphatic heterocycles. The van der Waals surface area contributed by atoms with E-state index in [1.165, 1.54) is 24.2 Å². The first kappa shape index (κ1) is 18.1. The van der Waals surface area contributed by atoms with Gasteiger partial charge in [0.25, 0.3) is 0 Å². The van der Waals surface area contributed by atoms with E-state index >= 15 is 0 Å². The van der Waals surface area contributed by atoms with E-state index in [0.717, 1.165) is 12.8 Å². The van der Waals surface area contributed by atoms with Crippen LogP contribution in [0, 0.1) is 10.8 Å². The highest BCUT2D eigenvalue weighted by Crippen LogP contribution is 2.59. The Hall–Kier alpha value is -1.26. The van der Waals surface area contributed by atoms with Crippen LogP contribution in [0.15, 0.2) is 0 Å². The lowest BCUT2D eigenvalue weighted by Gasteiger charge is -2.56. The number of ether oxygens (including phenoxy) is 1. The minimum atomic E-state index is -0.934. The Morgan fingerprint density at radius 1 is 1.13 bits per heavy atom. The predicted octanol–water partition coefficient (Wildman–Crippen LogP) is 4.06. The molecule has 1 saturated heterocycles. The van der Waals surface area contributed by atoms with Crippen LogP contribution in [0.25, 0.3) is 0 Å². The van der Waals surface area contributed by atoms with Gasteiger partial charge in [0.15, 0.2) is 0 Å². The van der Waals surface area contributed by atoms with Crippen molar-refractivity contribution < 1.29 is 19.4 Å². The van der Waals surface area contributed by atoms with E-state index in [4.69, 9.17) is 4.74 Å². The Kier molecular flexibility index (Phi) is 4.71. The van der Waals surface area contributed by atoms with Gasteiger partial charge >= 0.3 is 12.1 Å². The smallest absolute Gasteiger partial charge is 0.411 e. The molecule has 23 heavy (non-hydrogen) atoms. The van der Waals surface area contributed by atoms with E-state index in [-0.39, 0.29) is 10.8 Å². The van der Waals surface area contributed by atoms with E-state index in [1.807, 2.05) is 0 Å². The molecule has 0 aromatic rings. The third-order valence-electron chi connectivity index (χ3n) is 5.91. The predicted molar refractivity (Wildman–Crippen MR) is 88.3 cm³/mol. The minimum absolute atomic E-state index is 0.124. The molecule has 5 heteroatoms. The number of aliphatic carboxylic acids is 1. The normalized spacial score (nSPS) is 26.8. The summed E-state index contributed by atoms with van der Waals surface area (Å²) in [5.74, 6) is -0.934. The zero-order valence-corrected chi connectivity index (χ0v) is 15.1. The van der Waals surface area contributed by atoms with Crippen LogP contribution in [0.4, 0.5) is 4.79 Å². The molecule has 1 aliphatic carbocycles. The zero-order chi connectivity index (χ0) is 17.5. The summed E-state index contributed by atoms with van der Waals surface area (Å²) in [6.07, 6.45) is 5.27. The molecule has 0 aromatic heterocycles. The van der Waals surface area contributed by atoms with Crippen molar-refractivity contribution in [2.24, 2.45) is 10.8 Å². The monoisotopic (exact) mass is 325 g/mol. The van der Waals surface area contributed by atoms with Crippen molar-refractivity contribution in [3.63, 3.8) is 0 Å². The molecule has 1 heterocycles. The molecule has 0 aromatic carbocycles. The van der Waals surface area contributed by atoms with Crippen LogP contribution < -0.4 is 0 Å². The van der Waals surface area contributed by atoms with Gasteiger partial charge < -0.3 is 9.84 Å². The molecule has 1 atom stereocenters. The van der Waals surface area contributed by atoms with Crippen molar-refractivity contribution in [1.82, 2.24) is 4.90 Å². The van der Waals surface area contributed by atoms with Gasteiger partial charge in [-0.2, -0.15) is 0 Å². The molecule has 0 radical (unpaired) electrons. The number of hydrogen-bond acceptors (Lipinski definition) is 3. The lowest BCUT2D eigenvalue weighted by atomic mass is 9.51. The summed E-state index contributed by atoms with van der Waals surface area (Å²) < 4.78 is 5.45. The molecule has 5 nitrogen and oxygen atoms in total. The van der Waals surface area contributed by atoms with Crippen LogP contribution in [-0.4, -0.2) is 40.3 Å². The molecule has 1 N–H and O–H groups in total. The summed E-state index contributed by atoms with van der Waals surface area (Å²) in [4.78, 5) is 25.7. The molecular formula is C18H31NO4. The summed E-state index contributed by atoms with van der Waals surface area (Å²) in [5.41, 5.74) is -0.244. The highest BCUT2D eigenvalue weighted by atomic mass is 16.6. The fraction of sp³-hybridized carbons (Fsp3) is 0.889. The second kappa shape index (κ2) is 5.99. The highest BCUT2D eigenvalue weighted by molar-refractivity contribution is 5.80. The molecule has 0 unspecified atom stereocenters. The van der Waals surface area contributed by atoms with Gasteiger partial charge in [-0.1, -0.05) is 20.3 Å². The van der Waals surface area contributed by atoms with Crippen molar-refractivity contribution in [3.05, 3.63) is 0 Å². The number of carboxylic acids is 1. The van der Waals surface area contributed by atoms with Crippen LogP contribution in [0.1, 0.15) is 73.1 Å². The largest absolute Gasteiger partial charge is 0.480 e. The Balaban J connectivity index is 2.22. The van der Waals surface area contributed by atoms with Crippen LogP contribution >= 0.6 is 0 Å². The molecule has 132 valence electrons. The average Bonchev–Trinajstić information content (AvgIpc) is 2.29. The second-order valence-electron chi connectivity index (χ2n) is 8.83. The Bertz CT molecular complexity index is 474. The zero-order valence-electron chi connectivity index (χ0n) is 15.1. The van der Waals surface area contributed by atoms with Crippen LogP contribution in [0.3, 0.4) is 0 Å². The summed E-state index contributed by atoms with van der Waals surface area (Å²) in [7, 11) is 0. The number of amides is 1. The first-order valence-electron chi connectivity index (χ1n) is 8.70. The van der Waals surface area contributed by atoms with Crippen LogP contribution in [0.2, 0.25) is 0 Å². The number of likely N-dealkylation sites (tertiary alicyclic amines) is 1. The second-order valence-corrected chi connectivity index (χ2v) is 8.83. The first-order chi connectivity index (χ1) is 10.5. The Labute approximate surface area is 139 Å². The quantitative estimate of drug-likeness (QED) is 0.789. The van der Waals surface area contributed by atoms with E-state index in [1.54, 1.807) is 20.8 Å². The van der Waals surface area contributed by atoms with Gasteiger partial charge in [-0.3, -0.25) is 4.90 Å². The Morgan fingerprint density at radius 2 is 1.74 bits per heavy atom. The van der Waals surface area contributed by atoms with Crippen molar-refractivity contribution in [3.8, 4) is 0 Å². The number of carbonyl (C=O) groups is 2. The number of rotatable bonds is 1. The molecule has 2 aliphatic rings. The highest BCUT2D eigenvalue weighted by Gasteiger charge is 2.51. The van der Waals surface area contributed by atoms with Gasteiger partial charge in [-0.15, -0.1) is 0 Å². The lowest BCUT2D eigenvalue weighted by molar-refractivity contribution is -0.146. The van der Waals surface area contributed by atoms with Crippen LogP contribution in [0.5, 0.6) is 0 Å². The maximum absolute atomic E-state index is 12.5. The fourth-order valence-electron chi connectivity index (χ4n) is 4.07. The number of carboxylic acid groups (broad SMARTS) is 1. The van der Waals surface area contributed by atoms with Crippen molar-refractivity contribution in [1.29, 1.82) is 0 Å². The molecule has 1 saturated carbocycles. The van der Waals surface area contributed by atoms with Crippen molar-refractivity contribution in [2.45, 2.75) is 84.8 Å². The summed E-state index contributed by atoms with van der Waals surface area (Å²) >= 11 is 0. The third kappa shape index (κ3) is 3.64. The van der Waals surface area contributed by atoms with Gasteiger partial charge in [0.1, 0.15) is 11.6 Å². The van der Waals surface area contributed by atoms with E-state index < -0.39 is 23.7 Å². The number of carbonyl (C=O) groups excluding carboxylic acids is 1. The van der Waals surface area contributed by atoms with E-state index in [0.29, 0.717) is 13.0 Å². The van der Waals surface area contributed by atoms with E-state index in [2.05, 4.69) is 13.8 Å². The van der Waals surface area contributed by atoms with Gasteiger partial charge in [0.05, 0.1) is 0 Å². The topological polar surface area (TPSA) is 66.8 Å². The molecule has 1 amide bonds. The minimum Gasteiger partial charge on any atom is -0.480 e. The average molecular weight is 325 g/mol. The summed E-state index contributed by atoms with van der Waals surface area (Å²) in [5, 5.41) is 9.59. The standard InChI is InChI=1S/C18H31NO4/c1-16(2,3)23-15(22)19-12-11-18(8-6-9-18)17(4,5)10-7-13(19)14(20)21/h13H,6-12H2,1-5H3,(H,20,21)/t13-/m0/s1. The molecule has 1 spiro atoms. The molecule has 2 fully saturated rings. The number of nitrogens with zero attached hydrogens (tertiary/aromatic N) is 1. The van der Waals surface area contributed by atoms with E-state index in [9.17, 15) is 14.7 Å². The SMILES string of the molecule is CC(C)(C)OC(=O)N1CCC2(CCC2)C(C)(C)CC[C@H]1C(=O)O. The third-order valence-corrected chi connectivity index (χ3v) is 5.91. The van der Waals surface area contributed by atoms with Gasteiger partial charge in [0, 0.05) is 6.54 Å².